The number of nitrogens with one attached hydrogen (secondary N) is 2. The highest BCUT2D eigenvalue weighted by atomic mass is 16.4. The van der Waals surface area contributed by atoms with E-state index < -0.39 is 17.5 Å². The molecule has 0 saturated heterocycles. The molecule has 3 N–H and O–H groups in total. The van der Waals surface area contributed by atoms with Crippen molar-refractivity contribution in [3.63, 3.8) is 0 Å². The molecular formula is C10H16N2O3. The van der Waals surface area contributed by atoms with Crippen LogP contribution < -0.4 is 10.6 Å². The number of carbonyl (C=O) groups is 2. The van der Waals surface area contributed by atoms with Gasteiger partial charge in [0, 0.05) is 13.0 Å². The second kappa shape index (κ2) is 5.91. The molecule has 84 valence electrons. The lowest BCUT2D eigenvalue weighted by atomic mass is 10.00. The zero-order chi connectivity index (χ0) is 11.9. The summed E-state index contributed by atoms with van der Waals surface area (Å²) in [4.78, 5) is 22.1. The predicted molar refractivity (Wildman–Crippen MR) is 56.3 cm³/mol. The summed E-state index contributed by atoms with van der Waals surface area (Å²) in [5.74, 6) is 1.31. The van der Waals surface area contributed by atoms with E-state index in [1.54, 1.807) is 6.92 Å². The second-order valence-corrected chi connectivity index (χ2v) is 3.33. The van der Waals surface area contributed by atoms with E-state index in [2.05, 4.69) is 16.6 Å². The molecule has 0 aliphatic carbocycles. The molecular weight excluding hydrogens is 196 g/mol. The van der Waals surface area contributed by atoms with Gasteiger partial charge in [0.25, 0.3) is 0 Å². The monoisotopic (exact) mass is 212 g/mol. The van der Waals surface area contributed by atoms with E-state index in [4.69, 9.17) is 11.5 Å². The summed E-state index contributed by atoms with van der Waals surface area (Å²) in [7, 11) is 0. The maximum absolute atomic E-state index is 11.2. The molecule has 1 atom stereocenters. The van der Waals surface area contributed by atoms with Crippen molar-refractivity contribution >= 4 is 12.0 Å². The first kappa shape index (κ1) is 13.3. The van der Waals surface area contributed by atoms with Crippen LogP contribution in [0.3, 0.4) is 0 Å². The van der Waals surface area contributed by atoms with Gasteiger partial charge in [-0.05, 0) is 13.3 Å². The lowest BCUT2D eigenvalue weighted by Gasteiger charge is -2.24. The van der Waals surface area contributed by atoms with Gasteiger partial charge in [-0.25, -0.2) is 9.59 Å². The standard InChI is InChI=1S/C10H16N2O3/c1-4-6-7-11-9(15)12-10(3,5-2)8(13)14/h1H,5-7H2,2-3H3,(H,13,14)(H2,11,12,15). The number of aliphatic carboxylic acids is 1. The smallest absolute Gasteiger partial charge is 0.329 e. The van der Waals surface area contributed by atoms with Crippen LogP contribution in [0.1, 0.15) is 26.7 Å². The molecule has 5 heteroatoms. The zero-order valence-electron chi connectivity index (χ0n) is 8.96. The maximum Gasteiger partial charge on any atom is 0.329 e. The molecule has 0 heterocycles. The van der Waals surface area contributed by atoms with Crippen molar-refractivity contribution < 1.29 is 14.7 Å². The number of amides is 2. The van der Waals surface area contributed by atoms with E-state index in [0.29, 0.717) is 19.4 Å². The van der Waals surface area contributed by atoms with E-state index in [-0.39, 0.29) is 0 Å². The first-order chi connectivity index (χ1) is 6.96. The molecule has 0 spiro atoms. The Morgan fingerprint density at radius 3 is 2.53 bits per heavy atom. The number of carboxylic acid groups (broad SMARTS) is 1. The minimum Gasteiger partial charge on any atom is -0.480 e. The highest BCUT2D eigenvalue weighted by Crippen LogP contribution is 2.08. The molecule has 0 fully saturated rings. The van der Waals surface area contributed by atoms with Crippen LogP contribution in [0.25, 0.3) is 0 Å². The molecule has 0 aromatic heterocycles. The molecule has 0 aliphatic heterocycles. The van der Waals surface area contributed by atoms with Gasteiger partial charge in [-0.15, -0.1) is 12.3 Å². The number of terminal acetylenes is 1. The molecule has 0 aromatic carbocycles. The van der Waals surface area contributed by atoms with Gasteiger partial charge in [0.05, 0.1) is 0 Å². The third-order valence-electron chi connectivity index (χ3n) is 2.12. The Morgan fingerprint density at radius 1 is 1.53 bits per heavy atom. The van der Waals surface area contributed by atoms with E-state index in [1.165, 1.54) is 6.92 Å². The summed E-state index contributed by atoms with van der Waals surface area (Å²) in [5, 5.41) is 13.7. The first-order valence-corrected chi connectivity index (χ1v) is 4.69. The fraction of sp³-hybridized carbons (Fsp3) is 0.600. The minimum absolute atomic E-state index is 0.310. The Hall–Kier alpha value is -1.70. The minimum atomic E-state index is -1.24. The number of hydrogen-bond acceptors (Lipinski definition) is 2. The molecule has 1 unspecified atom stereocenters. The van der Waals surface area contributed by atoms with Gasteiger partial charge in [0.1, 0.15) is 5.54 Å². The third-order valence-corrected chi connectivity index (χ3v) is 2.12. The highest BCUT2D eigenvalue weighted by Gasteiger charge is 2.32. The van der Waals surface area contributed by atoms with Crippen LogP contribution in [0.2, 0.25) is 0 Å². The molecule has 15 heavy (non-hydrogen) atoms. The van der Waals surface area contributed by atoms with Crippen LogP contribution in [-0.2, 0) is 4.79 Å². The van der Waals surface area contributed by atoms with E-state index in [1.807, 2.05) is 0 Å². The summed E-state index contributed by atoms with van der Waals surface area (Å²) in [6.45, 7) is 3.48. The maximum atomic E-state index is 11.2. The summed E-state index contributed by atoms with van der Waals surface area (Å²) < 4.78 is 0. The highest BCUT2D eigenvalue weighted by molar-refractivity contribution is 5.85. The lowest BCUT2D eigenvalue weighted by molar-refractivity contribution is -0.143. The van der Waals surface area contributed by atoms with Crippen molar-refractivity contribution in [2.45, 2.75) is 32.2 Å². The van der Waals surface area contributed by atoms with Gasteiger partial charge in [-0.1, -0.05) is 6.92 Å². The fourth-order valence-electron chi connectivity index (χ4n) is 0.836. The van der Waals surface area contributed by atoms with Crippen molar-refractivity contribution in [2.75, 3.05) is 6.54 Å². The van der Waals surface area contributed by atoms with Crippen molar-refractivity contribution in [2.24, 2.45) is 0 Å². The summed E-state index contributed by atoms with van der Waals surface area (Å²) >= 11 is 0. The Bertz CT molecular complexity index is 283. The first-order valence-electron chi connectivity index (χ1n) is 4.69. The van der Waals surface area contributed by atoms with E-state index >= 15 is 0 Å². The molecule has 0 saturated carbocycles. The van der Waals surface area contributed by atoms with E-state index in [0.717, 1.165) is 0 Å². The SMILES string of the molecule is C#CCCNC(=O)NC(C)(CC)C(=O)O. The van der Waals surface area contributed by atoms with E-state index in [9.17, 15) is 9.59 Å². The van der Waals surface area contributed by atoms with Gasteiger partial charge in [-0.3, -0.25) is 0 Å². The third kappa shape index (κ3) is 4.36. The topological polar surface area (TPSA) is 78.4 Å². The van der Waals surface area contributed by atoms with Crippen LogP contribution in [0.5, 0.6) is 0 Å². The van der Waals surface area contributed by atoms with Crippen molar-refractivity contribution in [1.82, 2.24) is 10.6 Å². The normalized spacial score (nSPS) is 13.4. The summed E-state index contributed by atoms with van der Waals surface area (Å²) in [6, 6.07) is -0.517. The van der Waals surface area contributed by atoms with Gasteiger partial charge < -0.3 is 15.7 Å². The van der Waals surface area contributed by atoms with Crippen LogP contribution in [-0.4, -0.2) is 29.2 Å². The van der Waals surface area contributed by atoms with Crippen molar-refractivity contribution in [1.29, 1.82) is 0 Å². The number of hydrogen-bond donors (Lipinski definition) is 3. The molecule has 0 aliphatic rings. The van der Waals surface area contributed by atoms with Crippen LogP contribution in [0.4, 0.5) is 4.79 Å². The second-order valence-electron chi connectivity index (χ2n) is 3.33. The zero-order valence-corrected chi connectivity index (χ0v) is 8.96. The number of urea groups is 1. The largest absolute Gasteiger partial charge is 0.480 e. The molecule has 5 nitrogen and oxygen atoms in total. The molecule has 0 radical (unpaired) electrons. The van der Waals surface area contributed by atoms with Crippen molar-refractivity contribution in [3.8, 4) is 12.3 Å². The molecule has 0 aromatic rings. The Balaban J connectivity index is 4.15. The summed E-state index contributed by atoms with van der Waals surface area (Å²) in [6.07, 6.45) is 5.73. The Morgan fingerprint density at radius 2 is 2.13 bits per heavy atom. The van der Waals surface area contributed by atoms with Gasteiger partial charge in [-0.2, -0.15) is 0 Å². The van der Waals surface area contributed by atoms with Crippen molar-refractivity contribution in [3.05, 3.63) is 0 Å². The molecule has 0 bridgehead atoms. The number of rotatable bonds is 5. The van der Waals surface area contributed by atoms with Crippen LogP contribution >= 0.6 is 0 Å². The average Bonchev–Trinajstić information content (AvgIpc) is 2.17. The van der Waals surface area contributed by atoms with Crippen LogP contribution in [0, 0.1) is 12.3 Å². The molecule has 2 amide bonds. The summed E-state index contributed by atoms with van der Waals surface area (Å²) in [5.41, 5.74) is -1.24. The van der Waals surface area contributed by atoms with Gasteiger partial charge in [0.15, 0.2) is 0 Å². The Labute approximate surface area is 89.2 Å². The number of carboxylic acids is 1. The number of carbonyl (C=O) groups excluding carboxylic acids is 1. The quantitative estimate of drug-likeness (QED) is 0.460. The average molecular weight is 212 g/mol. The lowest BCUT2D eigenvalue weighted by Crippen LogP contribution is -2.54. The fourth-order valence-corrected chi connectivity index (χ4v) is 0.836. The Kier molecular flexibility index (Phi) is 5.24. The molecule has 0 rings (SSSR count). The predicted octanol–water partition coefficient (Wildman–Crippen LogP) is 0.562. The van der Waals surface area contributed by atoms with Gasteiger partial charge in [0.2, 0.25) is 0 Å². The van der Waals surface area contributed by atoms with Gasteiger partial charge >= 0.3 is 12.0 Å². The van der Waals surface area contributed by atoms with Crippen LogP contribution in [0.15, 0.2) is 0 Å².